The van der Waals surface area contributed by atoms with Gasteiger partial charge in [0.2, 0.25) is 5.91 Å². The van der Waals surface area contributed by atoms with Crippen molar-refractivity contribution in [1.82, 2.24) is 9.80 Å². The van der Waals surface area contributed by atoms with Gasteiger partial charge in [0.15, 0.2) is 23.0 Å². The third-order valence-corrected chi connectivity index (χ3v) is 7.61. The van der Waals surface area contributed by atoms with Crippen LogP contribution in [0.5, 0.6) is 23.0 Å². The van der Waals surface area contributed by atoms with E-state index < -0.39 is 0 Å². The number of furan rings is 1. The zero-order valence-electron chi connectivity index (χ0n) is 24.4. The molecule has 1 fully saturated rings. The molecule has 41 heavy (non-hydrogen) atoms. The fraction of sp³-hybridized carbons (Fsp3) is 0.438. The summed E-state index contributed by atoms with van der Waals surface area (Å²) in [7, 11) is 6.30. The Morgan fingerprint density at radius 2 is 1.49 bits per heavy atom. The molecule has 3 aromatic rings. The Morgan fingerprint density at radius 1 is 0.829 bits per heavy atom. The summed E-state index contributed by atoms with van der Waals surface area (Å²) in [4.78, 5) is 31.3. The average Bonchev–Trinajstić information content (AvgIpc) is 3.54. The quantitative estimate of drug-likeness (QED) is 0.276. The molecule has 1 aliphatic rings. The summed E-state index contributed by atoms with van der Waals surface area (Å²) in [6.07, 6.45) is 7.14. The van der Waals surface area contributed by atoms with E-state index in [-0.39, 0.29) is 24.4 Å². The summed E-state index contributed by atoms with van der Waals surface area (Å²) in [6.45, 7) is 0.727. The molecule has 0 bridgehead atoms. The van der Waals surface area contributed by atoms with Gasteiger partial charge in [0, 0.05) is 18.2 Å². The van der Waals surface area contributed by atoms with Gasteiger partial charge < -0.3 is 33.2 Å². The lowest BCUT2D eigenvalue weighted by Gasteiger charge is -2.35. The molecule has 2 aromatic carbocycles. The SMILES string of the molecule is COc1ccc(CCN(Cc2ccco2)C(=O)CN(C(=O)c2ccc(OC)c(OC)c2)C2CCCCC2)cc1OC. The highest BCUT2D eigenvalue weighted by atomic mass is 16.5. The van der Waals surface area contributed by atoms with Crippen molar-refractivity contribution < 1.29 is 33.0 Å². The number of ether oxygens (including phenoxy) is 4. The van der Waals surface area contributed by atoms with Gasteiger partial charge in [-0.2, -0.15) is 0 Å². The predicted molar refractivity (Wildman–Crippen MR) is 155 cm³/mol. The highest BCUT2D eigenvalue weighted by molar-refractivity contribution is 5.97. The van der Waals surface area contributed by atoms with Gasteiger partial charge in [0.05, 0.1) is 41.2 Å². The molecule has 2 amide bonds. The van der Waals surface area contributed by atoms with Crippen molar-refractivity contribution in [1.29, 1.82) is 0 Å². The number of benzene rings is 2. The van der Waals surface area contributed by atoms with E-state index >= 15 is 0 Å². The number of hydrogen-bond donors (Lipinski definition) is 0. The first-order chi connectivity index (χ1) is 20.0. The lowest BCUT2D eigenvalue weighted by molar-refractivity contribution is -0.133. The molecule has 1 heterocycles. The summed E-state index contributed by atoms with van der Waals surface area (Å²) >= 11 is 0. The summed E-state index contributed by atoms with van der Waals surface area (Å²) in [5, 5.41) is 0. The van der Waals surface area contributed by atoms with Crippen LogP contribution < -0.4 is 18.9 Å². The zero-order chi connectivity index (χ0) is 29.2. The van der Waals surface area contributed by atoms with Gasteiger partial charge in [0.1, 0.15) is 12.3 Å². The second-order valence-corrected chi connectivity index (χ2v) is 10.1. The molecule has 4 rings (SSSR count). The Morgan fingerprint density at radius 3 is 2.12 bits per heavy atom. The van der Waals surface area contributed by atoms with Crippen LogP contribution in [0.1, 0.15) is 53.8 Å². The van der Waals surface area contributed by atoms with Gasteiger partial charge in [-0.05, 0) is 67.3 Å². The second kappa shape index (κ2) is 14.5. The fourth-order valence-corrected chi connectivity index (χ4v) is 5.32. The van der Waals surface area contributed by atoms with Crippen molar-refractivity contribution in [3.05, 3.63) is 71.7 Å². The average molecular weight is 565 g/mol. The van der Waals surface area contributed by atoms with Gasteiger partial charge in [0.25, 0.3) is 5.91 Å². The molecule has 1 aliphatic carbocycles. The van der Waals surface area contributed by atoms with Crippen LogP contribution in [0.2, 0.25) is 0 Å². The fourth-order valence-electron chi connectivity index (χ4n) is 5.32. The lowest BCUT2D eigenvalue weighted by atomic mass is 9.93. The minimum atomic E-state index is -0.191. The molecule has 9 nitrogen and oxygen atoms in total. The molecule has 1 aromatic heterocycles. The minimum absolute atomic E-state index is 0.00962. The monoisotopic (exact) mass is 564 g/mol. The van der Waals surface area contributed by atoms with Crippen molar-refractivity contribution in [2.24, 2.45) is 0 Å². The Hall–Kier alpha value is -4.14. The molecule has 9 heteroatoms. The topological polar surface area (TPSA) is 90.7 Å². The maximum atomic E-state index is 13.9. The molecule has 1 saturated carbocycles. The smallest absolute Gasteiger partial charge is 0.254 e. The van der Waals surface area contributed by atoms with Gasteiger partial charge in [-0.3, -0.25) is 9.59 Å². The van der Waals surface area contributed by atoms with E-state index in [1.165, 1.54) is 0 Å². The Balaban J connectivity index is 1.57. The maximum Gasteiger partial charge on any atom is 0.254 e. The minimum Gasteiger partial charge on any atom is -0.493 e. The van der Waals surface area contributed by atoms with Gasteiger partial charge in [-0.15, -0.1) is 0 Å². The number of methoxy groups -OCH3 is 4. The Kier molecular flexibility index (Phi) is 10.5. The summed E-state index contributed by atoms with van der Waals surface area (Å²) in [6, 6.07) is 14.5. The molecule has 0 radical (unpaired) electrons. The maximum absolute atomic E-state index is 13.9. The zero-order valence-corrected chi connectivity index (χ0v) is 24.4. The summed E-state index contributed by atoms with van der Waals surface area (Å²) in [5.74, 6) is 2.66. The van der Waals surface area contributed by atoms with E-state index in [0.717, 1.165) is 37.7 Å². The van der Waals surface area contributed by atoms with Gasteiger partial charge in [-0.25, -0.2) is 0 Å². The van der Waals surface area contributed by atoms with Crippen LogP contribution >= 0.6 is 0 Å². The van der Waals surface area contributed by atoms with Crippen LogP contribution in [0.4, 0.5) is 0 Å². The number of carbonyl (C=O) groups excluding carboxylic acids is 2. The highest BCUT2D eigenvalue weighted by Gasteiger charge is 2.30. The van der Waals surface area contributed by atoms with Crippen LogP contribution in [-0.4, -0.2) is 69.2 Å². The third kappa shape index (κ3) is 7.54. The first kappa shape index (κ1) is 29.8. The lowest BCUT2D eigenvalue weighted by Crippen LogP contribution is -2.48. The van der Waals surface area contributed by atoms with E-state index in [1.807, 2.05) is 24.3 Å². The first-order valence-corrected chi connectivity index (χ1v) is 14.0. The van der Waals surface area contributed by atoms with Crippen molar-refractivity contribution >= 4 is 11.8 Å². The van der Waals surface area contributed by atoms with E-state index in [2.05, 4.69) is 0 Å². The number of hydrogen-bond acceptors (Lipinski definition) is 7. The van der Waals surface area contributed by atoms with Crippen molar-refractivity contribution in [3.8, 4) is 23.0 Å². The van der Waals surface area contributed by atoms with E-state index in [9.17, 15) is 9.59 Å². The number of carbonyl (C=O) groups is 2. The molecule has 0 spiro atoms. The molecule has 220 valence electrons. The number of amides is 2. The first-order valence-electron chi connectivity index (χ1n) is 14.0. The molecule has 0 aliphatic heterocycles. The van der Waals surface area contributed by atoms with Crippen LogP contribution in [0, 0.1) is 0 Å². The van der Waals surface area contributed by atoms with Crippen LogP contribution in [0.15, 0.2) is 59.2 Å². The van der Waals surface area contributed by atoms with Crippen LogP contribution in [0.25, 0.3) is 0 Å². The highest BCUT2D eigenvalue weighted by Crippen LogP contribution is 2.31. The number of nitrogens with zero attached hydrogens (tertiary/aromatic N) is 2. The van der Waals surface area contributed by atoms with Gasteiger partial charge >= 0.3 is 0 Å². The predicted octanol–water partition coefficient (Wildman–Crippen LogP) is 5.36. The molecular formula is C32H40N2O7. The second-order valence-electron chi connectivity index (χ2n) is 10.1. The largest absolute Gasteiger partial charge is 0.493 e. The molecule has 0 saturated heterocycles. The molecule has 0 N–H and O–H groups in total. The molecule has 0 atom stereocenters. The van der Waals surface area contributed by atoms with Crippen LogP contribution in [0.3, 0.4) is 0 Å². The van der Waals surface area contributed by atoms with E-state index in [1.54, 1.807) is 68.8 Å². The van der Waals surface area contributed by atoms with Crippen molar-refractivity contribution in [2.75, 3.05) is 41.5 Å². The molecule has 0 unspecified atom stereocenters. The van der Waals surface area contributed by atoms with E-state index in [4.69, 9.17) is 23.4 Å². The Labute approximate surface area is 241 Å². The van der Waals surface area contributed by atoms with Crippen LogP contribution in [-0.2, 0) is 17.8 Å². The number of rotatable bonds is 13. The van der Waals surface area contributed by atoms with Crippen molar-refractivity contribution in [2.45, 2.75) is 51.1 Å². The standard InChI is InChI=1S/C32H40N2O7/c1-37-27-14-12-23(19-29(27)39-3)16-17-33(21-26-11-8-18-41-26)31(35)22-34(25-9-6-5-7-10-25)32(36)24-13-15-28(38-2)30(20-24)40-4/h8,11-15,18-20,25H,5-7,9-10,16-17,21-22H2,1-4H3. The van der Waals surface area contributed by atoms with Gasteiger partial charge in [-0.1, -0.05) is 25.3 Å². The summed E-state index contributed by atoms with van der Waals surface area (Å²) < 4.78 is 27.2. The summed E-state index contributed by atoms with van der Waals surface area (Å²) in [5.41, 5.74) is 1.47. The third-order valence-electron chi connectivity index (χ3n) is 7.61. The van der Waals surface area contributed by atoms with Crippen molar-refractivity contribution in [3.63, 3.8) is 0 Å². The Bertz CT molecular complexity index is 1290. The molecular weight excluding hydrogens is 524 g/mol. The van der Waals surface area contributed by atoms with E-state index in [0.29, 0.717) is 53.8 Å². The normalized spacial score (nSPS) is 13.4.